The molecule has 3 heterocycles. The van der Waals surface area contributed by atoms with Gasteiger partial charge in [0.15, 0.2) is 0 Å². The Morgan fingerprint density at radius 2 is 1.10 bits per heavy atom. The lowest BCUT2D eigenvalue weighted by Gasteiger charge is -2.33. The second kappa shape index (κ2) is 10.7. The summed E-state index contributed by atoms with van der Waals surface area (Å²) < 4.78 is 8.75. The summed E-state index contributed by atoms with van der Waals surface area (Å²) in [4.78, 5) is 7.50. The molecule has 0 aliphatic carbocycles. The molecule has 1 aliphatic rings. The average Bonchev–Trinajstić information content (AvgIpc) is 3.76. The summed E-state index contributed by atoms with van der Waals surface area (Å²) in [5.41, 5.74) is 13.3. The first kappa shape index (κ1) is 28.2. The summed E-state index contributed by atoms with van der Waals surface area (Å²) in [6.45, 7) is 2.19. The first-order chi connectivity index (χ1) is 25.3. The lowest BCUT2D eigenvalue weighted by Crippen LogP contribution is -2.19. The number of para-hydroxylation sites is 3. The molecule has 0 bridgehead atoms. The SMILES string of the molecule is CCc1nc2cccc3c2n1-c1ccc(-c2c4ccccc4c(-c4ccc5c(c4)oc4ccccc45)c4ccccc24)cc1N3c1ccccc1. The molecule has 10 aromatic rings. The van der Waals surface area contributed by atoms with Crippen molar-refractivity contribution < 1.29 is 4.42 Å². The van der Waals surface area contributed by atoms with E-state index < -0.39 is 0 Å². The molecule has 0 atom stereocenters. The van der Waals surface area contributed by atoms with Crippen LogP contribution in [0.2, 0.25) is 0 Å². The third-order valence-electron chi connectivity index (χ3n) is 10.6. The van der Waals surface area contributed by atoms with Gasteiger partial charge in [-0.15, -0.1) is 0 Å². The van der Waals surface area contributed by atoms with Crippen LogP contribution in [0.4, 0.5) is 17.1 Å². The summed E-state index contributed by atoms with van der Waals surface area (Å²) in [5, 5.41) is 7.16. The van der Waals surface area contributed by atoms with E-state index in [4.69, 9.17) is 9.40 Å². The van der Waals surface area contributed by atoms with Crippen molar-refractivity contribution in [3.63, 3.8) is 0 Å². The van der Waals surface area contributed by atoms with Gasteiger partial charge in [0.2, 0.25) is 0 Å². The van der Waals surface area contributed by atoms with Gasteiger partial charge in [-0.3, -0.25) is 4.57 Å². The average molecular weight is 654 g/mol. The van der Waals surface area contributed by atoms with Crippen LogP contribution >= 0.6 is 0 Å². The fourth-order valence-electron chi connectivity index (χ4n) is 8.50. The van der Waals surface area contributed by atoms with Crippen LogP contribution in [0.3, 0.4) is 0 Å². The van der Waals surface area contributed by atoms with Gasteiger partial charge >= 0.3 is 0 Å². The molecule has 1 aliphatic heterocycles. The Morgan fingerprint density at radius 3 is 1.80 bits per heavy atom. The van der Waals surface area contributed by atoms with Crippen LogP contribution in [-0.2, 0) is 6.42 Å². The third kappa shape index (κ3) is 3.99. The predicted molar refractivity (Wildman–Crippen MR) is 212 cm³/mol. The molecule has 0 spiro atoms. The van der Waals surface area contributed by atoms with Crippen LogP contribution in [0, 0.1) is 0 Å². The maximum atomic E-state index is 6.38. The van der Waals surface area contributed by atoms with E-state index in [1.807, 2.05) is 12.1 Å². The number of aromatic nitrogens is 2. The first-order valence-corrected chi connectivity index (χ1v) is 17.6. The van der Waals surface area contributed by atoms with Crippen molar-refractivity contribution >= 4 is 71.6 Å². The van der Waals surface area contributed by atoms with Crippen LogP contribution in [0.25, 0.3) is 82.5 Å². The Kier molecular flexibility index (Phi) is 5.90. The number of benzene rings is 8. The fourth-order valence-corrected chi connectivity index (χ4v) is 8.50. The van der Waals surface area contributed by atoms with Crippen LogP contribution in [0.1, 0.15) is 12.7 Å². The van der Waals surface area contributed by atoms with Gasteiger partial charge in [0.1, 0.15) is 17.0 Å². The van der Waals surface area contributed by atoms with Gasteiger partial charge < -0.3 is 9.32 Å². The lowest BCUT2D eigenvalue weighted by molar-refractivity contribution is 0.669. The highest BCUT2D eigenvalue weighted by molar-refractivity contribution is 6.22. The number of anilines is 3. The van der Waals surface area contributed by atoms with Gasteiger partial charge in [-0.05, 0) is 98.4 Å². The summed E-state index contributed by atoms with van der Waals surface area (Å²) >= 11 is 0. The van der Waals surface area contributed by atoms with Gasteiger partial charge in [0.25, 0.3) is 0 Å². The molecule has 0 N–H and O–H groups in total. The molecule has 0 fully saturated rings. The predicted octanol–water partition coefficient (Wildman–Crippen LogP) is 12.9. The maximum Gasteiger partial charge on any atom is 0.136 e. The molecule has 0 unspecified atom stereocenters. The highest BCUT2D eigenvalue weighted by atomic mass is 16.3. The van der Waals surface area contributed by atoms with Crippen LogP contribution < -0.4 is 4.90 Å². The molecule has 2 aromatic heterocycles. The van der Waals surface area contributed by atoms with Gasteiger partial charge in [0, 0.05) is 22.9 Å². The molecular weight excluding hydrogens is 623 g/mol. The van der Waals surface area contributed by atoms with E-state index in [9.17, 15) is 0 Å². The minimum Gasteiger partial charge on any atom is -0.456 e. The molecule has 4 nitrogen and oxygen atoms in total. The highest BCUT2D eigenvalue weighted by Gasteiger charge is 2.29. The highest BCUT2D eigenvalue weighted by Crippen LogP contribution is 2.50. The third-order valence-corrected chi connectivity index (χ3v) is 10.6. The van der Waals surface area contributed by atoms with Crippen LogP contribution in [0.15, 0.2) is 162 Å². The molecule has 51 heavy (non-hydrogen) atoms. The number of imidazole rings is 1. The summed E-state index contributed by atoms with van der Waals surface area (Å²) in [7, 11) is 0. The van der Waals surface area contributed by atoms with Gasteiger partial charge in [-0.1, -0.05) is 110 Å². The number of furan rings is 1. The van der Waals surface area contributed by atoms with E-state index in [0.717, 1.165) is 73.5 Å². The smallest absolute Gasteiger partial charge is 0.136 e. The standard InChI is InChI=1S/C47H31N3O/c1-2-44-48-38-20-12-21-40-47(38)50(44)39-26-24-29(27-41(39)49(40)31-13-4-3-5-14-31)45-34-16-6-8-18-36(34)46(37-19-9-7-17-35(37)45)30-23-25-33-32-15-10-11-22-42(32)51-43(33)28-30/h3-28H,2H2,1H3. The Hall–Kier alpha value is -6.65. The minimum absolute atomic E-state index is 0.844. The molecule has 0 saturated heterocycles. The Morgan fingerprint density at radius 1 is 0.490 bits per heavy atom. The molecule has 8 aromatic carbocycles. The number of fused-ring (bicyclic) bond motifs is 7. The zero-order chi connectivity index (χ0) is 33.6. The molecule has 0 amide bonds. The van der Waals surface area contributed by atoms with Crippen LogP contribution in [0.5, 0.6) is 0 Å². The van der Waals surface area contributed by atoms with E-state index >= 15 is 0 Å². The minimum atomic E-state index is 0.844. The second-order valence-corrected chi connectivity index (χ2v) is 13.4. The quantitative estimate of drug-likeness (QED) is 0.177. The van der Waals surface area contributed by atoms with Crippen molar-refractivity contribution in [1.82, 2.24) is 9.55 Å². The fraction of sp³-hybridized carbons (Fsp3) is 0.0426. The molecule has 0 radical (unpaired) electrons. The second-order valence-electron chi connectivity index (χ2n) is 13.4. The van der Waals surface area contributed by atoms with Crippen LogP contribution in [-0.4, -0.2) is 9.55 Å². The number of hydrogen-bond donors (Lipinski definition) is 0. The van der Waals surface area contributed by atoms with Crippen molar-refractivity contribution in [3.05, 3.63) is 164 Å². The molecule has 240 valence electrons. The number of hydrogen-bond acceptors (Lipinski definition) is 3. The molecule has 11 rings (SSSR count). The summed E-state index contributed by atoms with van der Waals surface area (Å²) in [6.07, 6.45) is 0.844. The number of nitrogens with zero attached hydrogens (tertiary/aromatic N) is 3. The lowest BCUT2D eigenvalue weighted by atomic mass is 9.85. The Labute approximate surface area is 294 Å². The van der Waals surface area contributed by atoms with Crippen molar-refractivity contribution in [2.24, 2.45) is 0 Å². The van der Waals surface area contributed by atoms with Crippen molar-refractivity contribution in [1.29, 1.82) is 0 Å². The number of rotatable bonds is 4. The van der Waals surface area contributed by atoms with Crippen molar-refractivity contribution in [2.75, 3.05) is 4.90 Å². The largest absolute Gasteiger partial charge is 0.456 e. The topological polar surface area (TPSA) is 34.2 Å². The molecule has 0 saturated carbocycles. The van der Waals surface area contributed by atoms with E-state index in [2.05, 4.69) is 162 Å². The first-order valence-electron chi connectivity index (χ1n) is 17.6. The maximum absolute atomic E-state index is 6.38. The van der Waals surface area contributed by atoms with Gasteiger partial charge in [-0.2, -0.15) is 0 Å². The zero-order valence-corrected chi connectivity index (χ0v) is 28.0. The molecule has 4 heteroatoms. The summed E-state index contributed by atoms with van der Waals surface area (Å²) in [5.74, 6) is 1.07. The van der Waals surface area contributed by atoms with E-state index in [0.29, 0.717) is 0 Å². The monoisotopic (exact) mass is 653 g/mol. The van der Waals surface area contributed by atoms with Gasteiger partial charge in [0.05, 0.1) is 28.1 Å². The Balaban J connectivity index is 1.19. The van der Waals surface area contributed by atoms with Gasteiger partial charge in [-0.25, -0.2) is 4.98 Å². The molecular formula is C47H31N3O. The van der Waals surface area contributed by atoms with Crippen molar-refractivity contribution in [2.45, 2.75) is 13.3 Å². The normalized spacial score (nSPS) is 12.5. The van der Waals surface area contributed by atoms with Crippen molar-refractivity contribution in [3.8, 4) is 27.9 Å². The van der Waals surface area contributed by atoms with E-state index in [-0.39, 0.29) is 0 Å². The summed E-state index contributed by atoms with van der Waals surface area (Å²) in [6, 6.07) is 56.8. The Bertz CT molecular complexity index is 2970. The zero-order valence-electron chi connectivity index (χ0n) is 28.0. The van der Waals surface area contributed by atoms with E-state index in [1.54, 1.807) is 0 Å². The number of aryl methyl sites for hydroxylation is 1. The van der Waals surface area contributed by atoms with E-state index in [1.165, 1.54) is 38.2 Å².